The van der Waals surface area contributed by atoms with Crippen molar-refractivity contribution >= 4 is 29.3 Å². The molecule has 1 aromatic heterocycles. The first-order valence-corrected chi connectivity index (χ1v) is 6.23. The van der Waals surface area contributed by atoms with Crippen LogP contribution in [-0.4, -0.2) is 26.3 Å². The fourth-order valence-electron chi connectivity index (χ4n) is 1.29. The number of hydrogen-bond acceptors (Lipinski definition) is 5. The zero-order chi connectivity index (χ0) is 13.0. The quantitative estimate of drug-likeness (QED) is 0.726. The standard InChI is InChI=1S/C11H13N5OS/c1-7(18-11-14-10(12)15-16-11)9(17)13-8-5-3-2-4-6-8/h2-7H,1H3,(H,13,17)(H3,12,14,15,16). The summed E-state index contributed by atoms with van der Waals surface area (Å²) in [6.07, 6.45) is 0. The van der Waals surface area contributed by atoms with E-state index in [-0.39, 0.29) is 17.1 Å². The van der Waals surface area contributed by atoms with Gasteiger partial charge in [-0.15, -0.1) is 5.10 Å². The molecule has 0 spiro atoms. The second-order valence-electron chi connectivity index (χ2n) is 3.62. The van der Waals surface area contributed by atoms with E-state index < -0.39 is 0 Å². The Morgan fingerprint density at radius 1 is 1.44 bits per heavy atom. The maximum absolute atomic E-state index is 11.9. The predicted octanol–water partition coefficient (Wildman–Crippen LogP) is 1.51. The van der Waals surface area contributed by atoms with Crippen LogP contribution < -0.4 is 11.1 Å². The fraction of sp³-hybridized carbons (Fsp3) is 0.182. The maximum Gasteiger partial charge on any atom is 0.237 e. The van der Waals surface area contributed by atoms with E-state index in [1.165, 1.54) is 11.8 Å². The predicted molar refractivity (Wildman–Crippen MR) is 71.2 cm³/mol. The minimum Gasteiger partial charge on any atom is -0.368 e. The molecule has 1 amide bonds. The summed E-state index contributed by atoms with van der Waals surface area (Å²) in [7, 11) is 0. The van der Waals surface area contributed by atoms with Gasteiger partial charge in [0.1, 0.15) is 0 Å². The van der Waals surface area contributed by atoms with E-state index in [2.05, 4.69) is 20.5 Å². The van der Waals surface area contributed by atoms with Crippen molar-refractivity contribution in [2.45, 2.75) is 17.3 Å². The highest BCUT2D eigenvalue weighted by molar-refractivity contribution is 8.00. The third-order valence-electron chi connectivity index (χ3n) is 2.17. The van der Waals surface area contributed by atoms with Gasteiger partial charge >= 0.3 is 0 Å². The zero-order valence-electron chi connectivity index (χ0n) is 9.75. The average molecular weight is 263 g/mol. The number of hydrogen-bond donors (Lipinski definition) is 3. The van der Waals surface area contributed by atoms with Crippen molar-refractivity contribution in [1.82, 2.24) is 15.2 Å². The van der Waals surface area contributed by atoms with E-state index in [4.69, 9.17) is 5.73 Å². The Bertz CT molecular complexity index is 527. The lowest BCUT2D eigenvalue weighted by molar-refractivity contribution is -0.115. The molecule has 0 aliphatic carbocycles. The molecule has 0 aliphatic rings. The number of anilines is 2. The first-order valence-electron chi connectivity index (χ1n) is 5.35. The van der Waals surface area contributed by atoms with Gasteiger partial charge in [-0.05, 0) is 19.1 Å². The second-order valence-corrected chi connectivity index (χ2v) is 4.93. The number of nitrogens with one attached hydrogen (secondary N) is 2. The Balaban J connectivity index is 1.93. The number of carbonyl (C=O) groups excluding carboxylic acids is 1. The van der Waals surface area contributed by atoms with Gasteiger partial charge in [0, 0.05) is 5.69 Å². The fourth-order valence-corrected chi connectivity index (χ4v) is 2.02. The number of para-hydroxylation sites is 1. The van der Waals surface area contributed by atoms with Crippen molar-refractivity contribution < 1.29 is 4.79 Å². The van der Waals surface area contributed by atoms with Crippen molar-refractivity contribution in [3.8, 4) is 0 Å². The zero-order valence-corrected chi connectivity index (χ0v) is 10.6. The molecule has 1 aromatic carbocycles. The number of carbonyl (C=O) groups is 1. The molecular weight excluding hydrogens is 250 g/mol. The average Bonchev–Trinajstić information content (AvgIpc) is 2.76. The van der Waals surface area contributed by atoms with Gasteiger partial charge in [-0.25, -0.2) is 5.10 Å². The lowest BCUT2D eigenvalue weighted by Crippen LogP contribution is -2.22. The first-order chi connectivity index (χ1) is 8.65. The summed E-state index contributed by atoms with van der Waals surface area (Å²) >= 11 is 1.25. The van der Waals surface area contributed by atoms with E-state index in [0.717, 1.165) is 5.69 Å². The number of rotatable bonds is 4. The molecule has 18 heavy (non-hydrogen) atoms. The molecule has 0 fully saturated rings. The number of thioether (sulfide) groups is 1. The number of nitrogens with zero attached hydrogens (tertiary/aromatic N) is 2. The van der Waals surface area contributed by atoms with E-state index in [9.17, 15) is 4.79 Å². The molecule has 2 aromatic rings. The maximum atomic E-state index is 11.9. The van der Waals surface area contributed by atoms with Crippen LogP contribution in [0.15, 0.2) is 35.5 Å². The Kier molecular flexibility index (Phi) is 3.83. The van der Waals surface area contributed by atoms with Crippen LogP contribution in [0.25, 0.3) is 0 Å². The van der Waals surface area contributed by atoms with Crippen LogP contribution in [0.3, 0.4) is 0 Å². The molecule has 6 nitrogen and oxygen atoms in total. The minimum atomic E-state index is -0.305. The molecule has 0 bridgehead atoms. The molecule has 0 saturated carbocycles. The van der Waals surface area contributed by atoms with E-state index in [0.29, 0.717) is 5.16 Å². The van der Waals surface area contributed by atoms with Gasteiger partial charge in [-0.2, -0.15) is 4.98 Å². The molecule has 0 radical (unpaired) electrons. The third kappa shape index (κ3) is 3.24. The molecule has 94 valence electrons. The number of aromatic amines is 1. The van der Waals surface area contributed by atoms with E-state index in [1.54, 1.807) is 6.92 Å². The Morgan fingerprint density at radius 2 is 2.17 bits per heavy atom. The highest BCUT2D eigenvalue weighted by atomic mass is 32.2. The summed E-state index contributed by atoms with van der Waals surface area (Å²) in [6.45, 7) is 1.79. The second kappa shape index (κ2) is 5.54. The summed E-state index contributed by atoms with van der Waals surface area (Å²) in [4.78, 5) is 15.8. The highest BCUT2D eigenvalue weighted by Gasteiger charge is 2.16. The topological polar surface area (TPSA) is 96.7 Å². The number of H-pyrrole nitrogens is 1. The molecule has 0 saturated heterocycles. The summed E-state index contributed by atoms with van der Waals surface area (Å²) < 4.78 is 0. The Morgan fingerprint density at radius 3 is 2.78 bits per heavy atom. The van der Waals surface area contributed by atoms with E-state index in [1.807, 2.05) is 30.3 Å². The van der Waals surface area contributed by atoms with Crippen molar-refractivity contribution in [3.05, 3.63) is 30.3 Å². The number of benzene rings is 1. The lowest BCUT2D eigenvalue weighted by Gasteiger charge is -2.09. The van der Waals surface area contributed by atoms with Gasteiger partial charge in [-0.1, -0.05) is 30.0 Å². The van der Waals surface area contributed by atoms with Crippen LogP contribution in [0.1, 0.15) is 6.92 Å². The molecule has 1 atom stereocenters. The van der Waals surface area contributed by atoms with Crippen LogP contribution in [0.4, 0.5) is 11.6 Å². The van der Waals surface area contributed by atoms with E-state index >= 15 is 0 Å². The Labute approximate surface area is 108 Å². The van der Waals surface area contributed by atoms with Gasteiger partial charge in [0.25, 0.3) is 0 Å². The molecule has 4 N–H and O–H groups in total. The van der Waals surface area contributed by atoms with Gasteiger partial charge in [0.05, 0.1) is 5.25 Å². The van der Waals surface area contributed by atoms with Crippen molar-refractivity contribution in [3.63, 3.8) is 0 Å². The third-order valence-corrected chi connectivity index (χ3v) is 3.14. The summed E-state index contributed by atoms with van der Waals surface area (Å²) in [5.74, 6) is 0.141. The smallest absolute Gasteiger partial charge is 0.237 e. The summed E-state index contributed by atoms with van der Waals surface area (Å²) in [6, 6.07) is 9.29. The molecule has 7 heteroatoms. The van der Waals surface area contributed by atoms with Gasteiger partial charge < -0.3 is 11.1 Å². The number of amides is 1. The van der Waals surface area contributed by atoms with Crippen LogP contribution >= 0.6 is 11.8 Å². The normalized spacial score (nSPS) is 12.1. The van der Waals surface area contributed by atoms with Crippen molar-refractivity contribution in [1.29, 1.82) is 0 Å². The van der Waals surface area contributed by atoms with Crippen LogP contribution in [-0.2, 0) is 4.79 Å². The number of nitrogens with two attached hydrogens (primary N) is 1. The molecule has 1 heterocycles. The highest BCUT2D eigenvalue weighted by Crippen LogP contribution is 2.20. The molecule has 1 unspecified atom stereocenters. The first kappa shape index (κ1) is 12.4. The van der Waals surface area contributed by atoms with Gasteiger partial charge in [0.15, 0.2) is 0 Å². The number of nitrogen functional groups attached to an aromatic ring is 1. The largest absolute Gasteiger partial charge is 0.368 e. The van der Waals surface area contributed by atoms with Crippen LogP contribution in [0, 0.1) is 0 Å². The van der Waals surface area contributed by atoms with Crippen molar-refractivity contribution in [2.75, 3.05) is 11.1 Å². The van der Waals surface area contributed by atoms with Crippen LogP contribution in [0.5, 0.6) is 0 Å². The van der Waals surface area contributed by atoms with Gasteiger partial charge in [0.2, 0.25) is 17.0 Å². The van der Waals surface area contributed by atoms with Crippen LogP contribution in [0.2, 0.25) is 0 Å². The molecule has 0 aliphatic heterocycles. The minimum absolute atomic E-state index is 0.102. The lowest BCUT2D eigenvalue weighted by atomic mass is 10.3. The molecule has 2 rings (SSSR count). The summed E-state index contributed by atoms with van der Waals surface area (Å²) in [5, 5.41) is 9.36. The monoisotopic (exact) mass is 263 g/mol. The molecular formula is C11H13N5OS. The Hall–Kier alpha value is -2.02. The number of aromatic nitrogens is 3. The van der Waals surface area contributed by atoms with Crippen molar-refractivity contribution in [2.24, 2.45) is 0 Å². The van der Waals surface area contributed by atoms with Gasteiger partial charge in [-0.3, -0.25) is 4.79 Å². The SMILES string of the molecule is CC(Sc1n[nH]c(N)n1)C(=O)Nc1ccccc1. The summed E-state index contributed by atoms with van der Waals surface area (Å²) in [5.41, 5.74) is 6.18.